The summed E-state index contributed by atoms with van der Waals surface area (Å²) >= 11 is 1.72. The van der Waals surface area contributed by atoms with E-state index in [1.807, 2.05) is 0 Å². The highest BCUT2D eigenvalue weighted by molar-refractivity contribution is 7.99. The maximum absolute atomic E-state index is 4.98. The Bertz CT molecular complexity index is 258. The average molecular weight is 182 g/mol. The summed E-state index contributed by atoms with van der Waals surface area (Å²) in [6, 6.07) is 6.47. The zero-order chi connectivity index (χ0) is 8.97. The molecule has 2 heteroatoms. The van der Waals surface area contributed by atoms with Crippen molar-refractivity contribution in [3.8, 4) is 0 Å². The molecule has 12 heavy (non-hydrogen) atoms. The van der Waals surface area contributed by atoms with Crippen molar-refractivity contribution in [2.45, 2.75) is 18.7 Å². The van der Waals surface area contributed by atoms with Gasteiger partial charge in [-0.15, -0.1) is 0 Å². The molecule has 0 spiro atoms. The van der Waals surface area contributed by atoms with E-state index in [2.05, 4.69) is 32.0 Å². The zero-order valence-electron chi connectivity index (χ0n) is 7.76. The molecule has 66 valence electrons. The third-order valence-corrected chi connectivity index (χ3v) is 2.76. The lowest BCUT2D eigenvalue weighted by Gasteiger charge is -2.03. The van der Waals surface area contributed by atoms with E-state index in [9.17, 15) is 0 Å². The molecular weight excluding hydrogens is 168 g/mol. The summed E-state index contributed by atoms with van der Waals surface area (Å²) in [6.45, 7) is 4.26. The van der Waals surface area contributed by atoms with Gasteiger partial charge < -0.3 is 4.74 Å². The molecule has 0 amide bonds. The second-order valence-corrected chi connectivity index (χ2v) is 3.79. The number of rotatable bonds is 3. The van der Waals surface area contributed by atoms with Crippen LogP contribution in [0.4, 0.5) is 0 Å². The Morgan fingerprint density at radius 1 is 1.25 bits per heavy atom. The van der Waals surface area contributed by atoms with Crippen molar-refractivity contribution in [2.75, 3.05) is 13.0 Å². The van der Waals surface area contributed by atoms with Crippen LogP contribution in [0.2, 0.25) is 0 Å². The Morgan fingerprint density at radius 2 is 2.00 bits per heavy atom. The number of benzene rings is 1. The standard InChI is InChI=1S/C10H14OS/c1-8-4-5-10(6-9(8)2)12-7-11-3/h4-6H,7H2,1-3H3. The summed E-state index contributed by atoms with van der Waals surface area (Å²) in [4.78, 5) is 1.28. The molecule has 0 N–H and O–H groups in total. The van der Waals surface area contributed by atoms with Crippen molar-refractivity contribution in [2.24, 2.45) is 0 Å². The molecule has 0 fully saturated rings. The molecule has 1 aromatic rings. The first-order chi connectivity index (χ1) is 5.74. The lowest BCUT2D eigenvalue weighted by atomic mass is 10.1. The van der Waals surface area contributed by atoms with Crippen LogP contribution in [0, 0.1) is 13.8 Å². The molecule has 0 aliphatic heterocycles. The zero-order valence-corrected chi connectivity index (χ0v) is 8.57. The number of hydrogen-bond donors (Lipinski definition) is 0. The topological polar surface area (TPSA) is 9.23 Å². The molecule has 0 unspecified atom stereocenters. The highest BCUT2D eigenvalue weighted by atomic mass is 32.2. The van der Waals surface area contributed by atoms with Crippen LogP contribution in [-0.2, 0) is 4.74 Å². The van der Waals surface area contributed by atoms with Gasteiger partial charge >= 0.3 is 0 Å². The molecule has 0 aliphatic rings. The first kappa shape index (κ1) is 9.62. The van der Waals surface area contributed by atoms with Crippen LogP contribution < -0.4 is 0 Å². The Kier molecular flexibility index (Phi) is 3.63. The summed E-state index contributed by atoms with van der Waals surface area (Å²) in [5.41, 5.74) is 2.69. The molecule has 1 aromatic carbocycles. The number of aryl methyl sites for hydroxylation is 2. The maximum atomic E-state index is 4.98. The van der Waals surface area contributed by atoms with Crippen LogP contribution in [-0.4, -0.2) is 13.0 Å². The fraction of sp³-hybridized carbons (Fsp3) is 0.400. The van der Waals surface area contributed by atoms with Crippen molar-refractivity contribution in [1.29, 1.82) is 0 Å². The largest absolute Gasteiger partial charge is 0.374 e. The van der Waals surface area contributed by atoms with Crippen LogP contribution in [0.3, 0.4) is 0 Å². The Balaban J connectivity index is 2.69. The van der Waals surface area contributed by atoms with Crippen molar-refractivity contribution < 1.29 is 4.74 Å². The number of ether oxygens (including phenoxy) is 1. The highest BCUT2D eigenvalue weighted by Crippen LogP contribution is 2.20. The van der Waals surface area contributed by atoms with Crippen LogP contribution in [0.1, 0.15) is 11.1 Å². The minimum atomic E-state index is 0.725. The minimum absolute atomic E-state index is 0.725. The third kappa shape index (κ3) is 2.54. The van der Waals surface area contributed by atoms with E-state index in [1.165, 1.54) is 16.0 Å². The van der Waals surface area contributed by atoms with E-state index in [4.69, 9.17) is 4.74 Å². The first-order valence-electron chi connectivity index (χ1n) is 3.93. The van der Waals surface area contributed by atoms with Gasteiger partial charge in [-0.3, -0.25) is 0 Å². The van der Waals surface area contributed by atoms with Crippen LogP contribution in [0.15, 0.2) is 23.1 Å². The lowest BCUT2D eigenvalue weighted by Crippen LogP contribution is -1.84. The van der Waals surface area contributed by atoms with E-state index in [0.717, 1.165) is 5.94 Å². The smallest absolute Gasteiger partial charge is 0.0963 e. The van der Waals surface area contributed by atoms with Crippen molar-refractivity contribution in [1.82, 2.24) is 0 Å². The number of thioether (sulfide) groups is 1. The van der Waals surface area contributed by atoms with Gasteiger partial charge in [-0.05, 0) is 37.1 Å². The maximum Gasteiger partial charge on any atom is 0.0963 e. The van der Waals surface area contributed by atoms with Gasteiger partial charge in [-0.1, -0.05) is 17.8 Å². The number of hydrogen-bond acceptors (Lipinski definition) is 2. The van der Waals surface area contributed by atoms with Gasteiger partial charge in [0.15, 0.2) is 0 Å². The summed E-state index contributed by atoms with van der Waals surface area (Å²) in [6.07, 6.45) is 0. The van der Waals surface area contributed by atoms with Gasteiger partial charge in [0.1, 0.15) is 0 Å². The molecule has 1 rings (SSSR count). The molecule has 0 saturated carbocycles. The molecular formula is C10H14OS. The van der Waals surface area contributed by atoms with Gasteiger partial charge in [-0.2, -0.15) is 0 Å². The van der Waals surface area contributed by atoms with Crippen molar-refractivity contribution >= 4 is 11.8 Å². The van der Waals surface area contributed by atoms with Crippen LogP contribution in [0.5, 0.6) is 0 Å². The second kappa shape index (κ2) is 4.53. The van der Waals surface area contributed by atoms with Crippen LogP contribution >= 0.6 is 11.8 Å². The molecule has 0 heterocycles. The molecule has 0 atom stereocenters. The van der Waals surface area contributed by atoms with E-state index in [-0.39, 0.29) is 0 Å². The summed E-state index contributed by atoms with van der Waals surface area (Å²) in [7, 11) is 1.72. The molecule has 1 nitrogen and oxygen atoms in total. The molecule has 0 radical (unpaired) electrons. The molecule has 0 aromatic heterocycles. The first-order valence-corrected chi connectivity index (χ1v) is 4.91. The van der Waals surface area contributed by atoms with E-state index in [1.54, 1.807) is 18.9 Å². The van der Waals surface area contributed by atoms with Crippen molar-refractivity contribution in [3.63, 3.8) is 0 Å². The van der Waals surface area contributed by atoms with Crippen LogP contribution in [0.25, 0.3) is 0 Å². The van der Waals surface area contributed by atoms with E-state index in [0.29, 0.717) is 0 Å². The molecule has 0 bridgehead atoms. The van der Waals surface area contributed by atoms with E-state index >= 15 is 0 Å². The van der Waals surface area contributed by atoms with Gasteiger partial charge in [0.2, 0.25) is 0 Å². The summed E-state index contributed by atoms with van der Waals surface area (Å²) < 4.78 is 4.98. The van der Waals surface area contributed by atoms with Gasteiger partial charge in [0.25, 0.3) is 0 Å². The minimum Gasteiger partial charge on any atom is -0.374 e. The normalized spacial score (nSPS) is 10.2. The summed E-state index contributed by atoms with van der Waals surface area (Å²) in [5.74, 6) is 0.725. The third-order valence-electron chi connectivity index (χ3n) is 1.82. The lowest BCUT2D eigenvalue weighted by molar-refractivity contribution is 0.259. The summed E-state index contributed by atoms with van der Waals surface area (Å²) in [5, 5.41) is 0. The fourth-order valence-corrected chi connectivity index (χ4v) is 1.61. The quantitative estimate of drug-likeness (QED) is 0.525. The van der Waals surface area contributed by atoms with E-state index < -0.39 is 0 Å². The van der Waals surface area contributed by atoms with Gasteiger partial charge in [0.05, 0.1) is 5.94 Å². The second-order valence-electron chi connectivity index (χ2n) is 2.80. The van der Waals surface area contributed by atoms with Gasteiger partial charge in [-0.25, -0.2) is 0 Å². The monoisotopic (exact) mass is 182 g/mol. The van der Waals surface area contributed by atoms with Gasteiger partial charge in [0, 0.05) is 12.0 Å². The van der Waals surface area contributed by atoms with Crippen molar-refractivity contribution in [3.05, 3.63) is 29.3 Å². The number of methoxy groups -OCH3 is 1. The fourth-order valence-electron chi connectivity index (χ4n) is 0.931. The molecule has 0 aliphatic carbocycles. The molecule has 0 saturated heterocycles. The highest BCUT2D eigenvalue weighted by Gasteiger charge is 1.95. The Morgan fingerprint density at radius 3 is 2.58 bits per heavy atom. The predicted octanol–water partition coefficient (Wildman–Crippen LogP) is 3.00. The predicted molar refractivity (Wildman–Crippen MR) is 53.6 cm³/mol. The Hall–Kier alpha value is -0.470. The SMILES string of the molecule is COCSc1ccc(C)c(C)c1. The Labute approximate surface area is 78.1 Å². The average Bonchev–Trinajstić information content (AvgIpc) is 2.07.